The Bertz CT molecular complexity index is 473. The van der Waals surface area contributed by atoms with E-state index in [0.717, 1.165) is 12.1 Å². The fourth-order valence-electron chi connectivity index (χ4n) is 1.18. The van der Waals surface area contributed by atoms with Crippen LogP contribution < -0.4 is 5.32 Å². The Kier molecular flexibility index (Phi) is 3.93. The van der Waals surface area contributed by atoms with Crippen LogP contribution in [-0.2, 0) is 6.54 Å². The van der Waals surface area contributed by atoms with E-state index in [1.165, 1.54) is 18.1 Å². The molecule has 0 bridgehead atoms. The van der Waals surface area contributed by atoms with E-state index in [4.69, 9.17) is 0 Å². The topological polar surface area (TPSA) is 79.4 Å². The van der Waals surface area contributed by atoms with Gasteiger partial charge < -0.3 is 5.32 Å². The number of aromatic amines is 1. The van der Waals surface area contributed by atoms with Gasteiger partial charge in [-0.15, -0.1) is 0 Å². The Labute approximate surface area is 110 Å². The third-order valence-corrected chi connectivity index (χ3v) is 2.87. The molecule has 0 unspecified atom stereocenters. The van der Waals surface area contributed by atoms with E-state index in [2.05, 4.69) is 51.2 Å². The lowest BCUT2D eigenvalue weighted by Crippen LogP contribution is -2.35. The highest BCUT2D eigenvalue weighted by molar-refractivity contribution is 7.99. The van der Waals surface area contributed by atoms with Gasteiger partial charge in [-0.1, -0.05) is 0 Å². The first-order valence-electron chi connectivity index (χ1n) is 5.62. The van der Waals surface area contributed by atoms with Gasteiger partial charge in [0.1, 0.15) is 6.33 Å². The van der Waals surface area contributed by atoms with Gasteiger partial charge in [-0.05, 0) is 32.5 Å². The molecule has 0 aliphatic heterocycles. The molecule has 2 aromatic rings. The summed E-state index contributed by atoms with van der Waals surface area (Å²) in [5, 5.41) is 11.3. The number of hydrogen-bond acceptors (Lipinski definition) is 6. The van der Waals surface area contributed by atoms with Gasteiger partial charge in [0.2, 0.25) is 0 Å². The fraction of sp³-hybridized carbons (Fsp3) is 0.455. The minimum atomic E-state index is 0.0905. The smallest absolute Gasteiger partial charge is 0.195 e. The van der Waals surface area contributed by atoms with Crippen LogP contribution in [0.25, 0.3) is 0 Å². The number of nitrogens with one attached hydrogen (secondary N) is 2. The first kappa shape index (κ1) is 13.0. The maximum Gasteiger partial charge on any atom is 0.195 e. The fourth-order valence-corrected chi connectivity index (χ4v) is 1.77. The molecular formula is C11H16N6S. The molecule has 0 spiro atoms. The summed E-state index contributed by atoms with van der Waals surface area (Å²) in [4.78, 5) is 12.6. The lowest BCUT2D eigenvalue weighted by molar-refractivity contribution is 0.423. The van der Waals surface area contributed by atoms with E-state index in [0.29, 0.717) is 10.3 Å². The molecule has 18 heavy (non-hydrogen) atoms. The highest BCUT2D eigenvalue weighted by atomic mass is 32.2. The number of nitrogens with zero attached hydrogens (tertiary/aromatic N) is 4. The monoisotopic (exact) mass is 264 g/mol. The molecular weight excluding hydrogens is 248 g/mol. The average Bonchev–Trinajstić information content (AvgIpc) is 2.80. The minimum Gasteiger partial charge on any atom is -0.308 e. The Morgan fingerprint density at radius 1 is 1.22 bits per heavy atom. The van der Waals surface area contributed by atoms with Crippen molar-refractivity contribution in [3.05, 3.63) is 24.3 Å². The van der Waals surface area contributed by atoms with E-state index in [1.807, 2.05) is 12.4 Å². The Balaban J connectivity index is 1.93. The predicted molar refractivity (Wildman–Crippen MR) is 69.1 cm³/mol. The molecule has 0 amide bonds. The van der Waals surface area contributed by atoms with Gasteiger partial charge in [-0.2, -0.15) is 5.10 Å². The van der Waals surface area contributed by atoms with Crippen molar-refractivity contribution in [2.75, 3.05) is 0 Å². The van der Waals surface area contributed by atoms with E-state index < -0.39 is 0 Å². The molecule has 0 aromatic carbocycles. The van der Waals surface area contributed by atoms with E-state index in [-0.39, 0.29) is 5.54 Å². The van der Waals surface area contributed by atoms with Crippen molar-refractivity contribution in [1.82, 2.24) is 30.5 Å². The van der Waals surface area contributed by atoms with Gasteiger partial charge in [0.05, 0.1) is 0 Å². The van der Waals surface area contributed by atoms with Crippen LogP contribution in [0.4, 0.5) is 0 Å². The number of aromatic nitrogens is 5. The molecule has 0 radical (unpaired) electrons. The lowest BCUT2D eigenvalue weighted by atomic mass is 10.1. The number of rotatable bonds is 4. The summed E-state index contributed by atoms with van der Waals surface area (Å²) < 4.78 is 0. The van der Waals surface area contributed by atoms with Gasteiger partial charge in [0.15, 0.2) is 10.3 Å². The summed E-state index contributed by atoms with van der Waals surface area (Å²) in [6.07, 6.45) is 5.11. The third kappa shape index (κ3) is 4.08. The van der Waals surface area contributed by atoms with Gasteiger partial charge in [0, 0.05) is 30.0 Å². The first-order chi connectivity index (χ1) is 8.53. The highest BCUT2D eigenvalue weighted by Crippen LogP contribution is 2.19. The molecule has 0 saturated heterocycles. The molecule has 0 aliphatic carbocycles. The van der Waals surface area contributed by atoms with Crippen molar-refractivity contribution in [2.24, 2.45) is 0 Å². The summed E-state index contributed by atoms with van der Waals surface area (Å²) in [6, 6.07) is 0. The maximum atomic E-state index is 4.28. The summed E-state index contributed by atoms with van der Waals surface area (Å²) in [5.41, 5.74) is 1.15. The molecule has 0 saturated carbocycles. The van der Waals surface area contributed by atoms with Crippen molar-refractivity contribution in [3.63, 3.8) is 0 Å². The van der Waals surface area contributed by atoms with Crippen LogP contribution in [0.15, 0.2) is 29.0 Å². The van der Waals surface area contributed by atoms with Crippen LogP contribution in [0.2, 0.25) is 0 Å². The SMILES string of the molecule is CC(C)(C)NCc1cnc(Sc2ncn[nH]2)nc1. The Morgan fingerprint density at radius 2 is 1.94 bits per heavy atom. The maximum absolute atomic E-state index is 4.28. The van der Waals surface area contributed by atoms with Crippen molar-refractivity contribution in [3.8, 4) is 0 Å². The van der Waals surface area contributed by atoms with Crippen LogP contribution in [0, 0.1) is 0 Å². The molecule has 6 nitrogen and oxygen atoms in total. The molecule has 2 heterocycles. The van der Waals surface area contributed by atoms with Gasteiger partial charge in [-0.3, -0.25) is 5.10 Å². The van der Waals surface area contributed by atoms with Crippen LogP contribution >= 0.6 is 11.8 Å². The summed E-state index contributed by atoms with van der Waals surface area (Å²) in [5.74, 6) is 0. The van der Waals surface area contributed by atoms with Crippen LogP contribution in [0.3, 0.4) is 0 Å². The van der Waals surface area contributed by atoms with Crippen LogP contribution in [-0.4, -0.2) is 30.7 Å². The molecule has 2 aromatic heterocycles. The molecule has 2 rings (SSSR count). The van der Waals surface area contributed by atoms with Crippen molar-refractivity contribution in [2.45, 2.75) is 43.2 Å². The summed E-state index contributed by atoms with van der Waals surface area (Å²) in [6.45, 7) is 7.14. The zero-order valence-electron chi connectivity index (χ0n) is 10.6. The van der Waals surface area contributed by atoms with Crippen LogP contribution in [0.5, 0.6) is 0 Å². The molecule has 0 atom stereocenters. The van der Waals surface area contributed by atoms with Gasteiger partial charge >= 0.3 is 0 Å². The second-order valence-electron chi connectivity index (χ2n) is 4.87. The van der Waals surface area contributed by atoms with E-state index in [1.54, 1.807) is 0 Å². The quantitative estimate of drug-likeness (QED) is 0.817. The zero-order valence-corrected chi connectivity index (χ0v) is 11.5. The second kappa shape index (κ2) is 5.45. The zero-order chi connectivity index (χ0) is 13.0. The Morgan fingerprint density at radius 3 is 2.50 bits per heavy atom. The molecule has 0 aliphatic rings. The van der Waals surface area contributed by atoms with Crippen molar-refractivity contribution in [1.29, 1.82) is 0 Å². The molecule has 7 heteroatoms. The highest BCUT2D eigenvalue weighted by Gasteiger charge is 2.09. The summed E-state index contributed by atoms with van der Waals surface area (Å²) >= 11 is 1.35. The van der Waals surface area contributed by atoms with Crippen molar-refractivity contribution >= 4 is 11.8 Å². The minimum absolute atomic E-state index is 0.0905. The number of hydrogen-bond donors (Lipinski definition) is 2. The second-order valence-corrected chi connectivity index (χ2v) is 5.83. The number of H-pyrrole nitrogens is 1. The summed E-state index contributed by atoms with van der Waals surface area (Å²) in [7, 11) is 0. The largest absolute Gasteiger partial charge is 0.308 e. The molecule has 2 N–H and O–H groups in total. The van der Waals surface area contributed by atoms with Crippen LogP contribution in [0.1, 0.15) is 26.3 Å². The third-order valence-electron chi connectivity index (χ3n) is 2.09. The average molecular weight is 264 g/mol. The Hall–Kier alpha value is -1.47. The van der Waals surface area contributed by atoms with Gasteiger partial charge in [0.25, 0.3) is 0 Å². The lowest BCUT2D eigenvalue weighted by Gasteiger charge is -2.20. The normalized spacial score (nSPS) is 11.7. The first-order valence-corrected chi connectivity index (χ1v) is 6.44. The molecule has 96 valence electrons. The van der Waals surface area contributed by atoms with Crippen molar-refractivity contribution < 1.29 is 0 Å². The predicted octanol–water partition coefficient (Wildman–Crippen LogP) is 1.63. The van der Waals surface area contributed by atoms with Gasteiger partial charge in [-0.25, -0.2) is 15.0 Å². The van der Waals surface area contributed by atoms with E-state index >= 15 is 0 Å². The van der Waals surface area contributed by atoms with E-state index in [9.17, 15) is 0 Å². The standard InChI is InChI=1S/C11H16N6S/c1-11(2,3)15-6-8-4-12-9(13-5-8)18-10-14-7-16-17-10/h4-5,7,15H,6H2,1-3H3,(H,14,16,17). The molecule has 0 fully saturated rings.